The van der Waals surface area contributed by atoms with Crippen LogP contribution in [-0.2, 0) is 35.4 Å². The number of benzene rings is 12. The fraction of sp³-hybridized carbons (Fsp3) is 0.0968. The van der Waals surface area contributed by atoms with E-state index in [2.05, 4.69) is 41.5 Å². The van der Waals surface area contributed by atoms with Crippen LogP contribution in [0.4, 0.5) is 22.7 Å². The van der Waals surface area contributed by atoms with Crippen LogP contribution in [0.25, 0.3) is 0 Å². The quantitative estimate of drug-likeness (QED) is 0.0579. The summed E-state index contributed by atoms with van der Waals surface area (Å²) in [6, 6.07) is 83.5. The van der Waals surface area contributed by atoms with Gasteiger partial charge in [-0.2, -0.15) is 0 Å². The second-order valence-corrected chi connectivity index (χ2v) is 28.6. The van der Waals surface area contributed by atoms with Crippen molar-refractivity contribution in [2.75, 3.05) is 19.6 Å². The van der Waals surface area contributed by atoms with Gasteiger partial charge < -0.3 is 28.4 Å². The minimum absolute atomic E-state index is 0.223. The van der Waals surface area contributed by atoms with Gasteiger partial charge in [0.1, 0.15) is 69.0 Å². The van der Waals surface area contributed by atoms with Crippen molar-refractivity contribution in [2.45, 2.75) is 57.8 Å². The summed E-state index contributed by atoms with van der Waals surface area (Å²) in [4.78, 5) is 108. The molecule has 18 nitrogen and oxygen atoms in total. The molecule has 0 fully saturated rings. The molecule has 12 aromatic carbocycles. The molecule has 0 aromatic heterocycles. The molecular formula is C93H68N4O14. The fourth-order valence-electron chi connectivity index (χ4n) is 14.0. The molecule has 0 atom stereocenters. The molecule has 0 bridgehead atoms. The Morgan fingerprint density at radius 2 is 0.351 bits per heavy atom. The highest BCUT2D eigenvalue weighted by atomic mass is 16.5. The van der Waals surface area contributed by atoms with Crippen LogP contribution in [0.2, 0.25) is 0 Å². The molecule has 111 heavy (non-hydrogen) atoms. The number of carbonyl (C=O) groups excluding carboxylic acids is 8. The molecule has 0 N–H and O–H groups in total. The first kappa shape index (κ1) is 70.8. The van der Waals surface area contributed by atoms with Gasteiger partial charge in [0.05, 0.1) is 45.0 Å². The highest BCUT2D eigenvalue weighted by Gasteiger charge is 2.39. The van der Waals surface area contributed by atoms with E-state index in [0.29, 0.717) is 91.7 Å². The molecule has 0 saturated heterocycles. The zero-order valence-corrected chi connectivity index (χ0v) is 60.9. The number of rotatable bonds is 22. The van der Waals surface area contributed by atoms with Gasteiger partial charge in [0.2, 0.25) is 0 Å². The monoisotopic (exact) mass is 1460 g/mol. The molecule has 12 aromatic rings. The highest BCUT2D eigenvalue weighted by molar-refractivity contribution is 6.35. The lowest BCUT2D eigenvalue weighted by molar-refractivity contribution is -0.121. The summed E-state index contributed by atoms with van der Waals surface area (Å²) >= 11 is 0. The van der Waals surface area contributed by atoms with Crippen molar-refractivity contribution in [1.82, 2.24) is 0 Å². The standard InChI is InChI=1S/C93H68N4O14/c1-91(2,57-7-27-67(28-8-57)106-73-39-19-63(20-40-73)94-83(98)51-52-84(94)99)59-11-31-69(32-12-59)108-75-43-23-65(24-44-75)96-87(102)79-49-47-77(55-81(79)89(96)104)110-71-35-15-61(16-36-71)93(5,6)62-17-37-72(38-18-62)111-78-48-50-80-82(56-78)90(105)97(88(80)103)66-25-45-76(46-26-66)109-70-33-13-60(14-34-70)92(3,4)58-9-29-68(30-10-58)107-74-41-21-64(22-42-74)95-85(100)53-54-86(95)101/h7-56H,1-6H3. The maximum atomic E-state index is 14.0. The zero-order valence-electron chi connectivity index (χ0n) is 60.9. The molecule has 4 aliphatic rings. The number of imide groups is 4. The Kier molecular flexibility index (Phi) is 18.1. The van der Waals surface area contributed by atoms with Crippen LogP contribution in [-0.4, -0.2) is 47.3 Å². The second kappa shape index (κ2) is 28.3. The van der Waals surface area contributed by atoms with Crippen molar-refractivity contribution < 1.29 is 66.8 Å². The minimum Gasteiger partial charge on any atom is -0.457 e. The van der Waals surface area contributed by atoms with Crippen LogP contribution in [0.15, 0.2) is 303 Å². The largest absolute Gasteiger partial charge is 0.457 e. The molecule has 0 saturated carbocycles. The Morgan fingerprint density at radius 3 is 0.559 bits per heavy atom. The highest BCUT2D eigenvalue weighted by Crippen LogP contribution is 2.42. The van der Waals surface area contributed by atoms with E-state index in [4.69, 9.17) is 28.4 Å². The van der Waals surface area contributed by atoms with Crippen LogP contribution < -0.4 is 48.0 Å². The Morgan fingerprint density at radius 1 is 0.189 bits per heavy atom. The lowest BCUT2D eigenvalue weighted by Gasteiger charge is -2.26. The van der Waals surface area contributed by atoms with Crippen molar-refractivity contribution in [1.29, 1.82) is 0 Å². The summed E-state index contributed by atoms with van der Waals surface area (Å²) in [5.41, 5.74) is 7.69. The third-order valence-corrected chi connectivity index (χ3v) is 20.6. The zero-order chi connectivity index (χ0) is 77.0. The van der Waals surface area contributed by atoms with Crippen molar-refractivity contribution >= 4 is 70.0 Å². The van der Waals surface area contributed by atoms with Crippen molar-refractivity contribution in [2.24, 2.45) is 0 Å². The van der Waals surface area contributed by atoms with Gasteiger partial charge in [0, 0.05) is 40.5 Å². The van der Waals surface area contributed by atoms with E-state index in [0.717, 1.165) is 53.0 Å². The summed E-state index contributed by atoms with van der Waals surface area (Å²) in [6.45, 7) is 12.7. The summed E-state index contributed by atoms with van der Waals surface area (Å²) in [7, 11) is 0. The molecule has 544 valence electrons. The number of ether oxygens (including phenoxy) is 6. The van der Waals surface area contributed by atoms with Crippen LogP contribution in [0.1, 0.15) is 116 Å². The lowest BCUT2D eigenvalue weighted by atomic mass is 9.78. The third kappa shape index (κ3) is 13.8. The van der Waals surface area contributed by atoms with Gasteiger partial charge in [0.15, 0.2) is 0 Å². The Bertz CT molecular complexity index is 5400. The van der Waals surface area contributed by atoms with Gasteiger partial charge in [-0.15, -0.1) is 0 Å². The first-order valence-electron chi connectivity index (χ1n) is 35.8. The van der Waals surface area contributed by atoms with Crippen LogP contribution in [0, 0.1) is 0 Å². The van der Waals surface area contributed by atoms with E-state index in [1.54, 1.807) is 133 Å². The molecule has 0 unspecified atom stereocenters. The number of hydrogen-bond donors (Lipinski definition) is 0. The topological polar surface area (TPSA) is 205 Å². The Labute approximate surface area is 638 Å². The van der Waals surface area contributed by atoms with Crippen molar-refractivity contribution in [3.63, 3.8) is 0 Å². The van der Waals surface area contributed by atoms with E-state index in [1.165, 1.54) is 24.3 Å². The normalized spacial score (nSPS) is 14.0. The average molecular weight is 1470 g/mol. The van der Waals surface area contributed by atoms with E-state index >= 15 is 0 Å². The molecule has 4 heterocycles. The first-order valence-corrected chi connectivity index (χ1v) is 35.8. The maximum absolute atomic E-state index is 14.0. The van der Waals surface area contributed by atoms with Gasteiger partial charge in [-0.3, -0.25) is 38.4 Å². The summed E-state index contributed by atoms with van der Waals surface area (Å²) < 4.78 is 37.1. The van der Waals surface area contributed by atoms with Crippen LogP contribution in [0.5, 0.6) is 69.0 Å². The second-order valence-electron chi connectivity index (χ2n) is 28.6. The van der Waals surface area contributed by atoms with Gasteiger partial charge in [-0.1, -0.05) is 114 Å². The number of fused-ring (bicyclic) bond motifs is 2. The van der Waals surface area contributed by atoms with Crippen molar-refractivity contribution in [3.8, 4) is 69.0 Å². The molecule has 8 amide bonds. The summed E-state index contributed by atoms with van der Waals surface area (Å²) in [5, 5.41) is 0. The molecule has 0 aliphatic carbocycles. The number of hydrogen-bond acceptors (Lipinski definition) is 14. The van der Waals surface area contributed by atoms with Crippen molar-refractivity contribution in [3.05, 3.63) is 359 Å². The Balaban J connectivity index is 0.489. The van der Waals surface area contributed by atoms with Gasteiger partial charge in [-0.05, 0) is 240 Å². The number of nitrogens with zero attached hydrogens (tertiary/aromatic N) is 4. The van der Waals surface area contributed by atoms with Crippen LogP contribution >= 0.6 is 0 Å². The number of carbonyl (C=O) groups is 8. The predicted octanol–water partition coefficient (Wildman–Crippen LogP) is 19.9. The predicted molar refractivity (Wildman–Crippen MR) is 420 cm³/mol. The number of anilines is 4. The van der Waals surface area contributed by atoms with Gasteiger partial charge >= 0.3 is 0 Å². The molecule has 0 radical (unpaired) electrons. The van der Waals surface area contributed by atoms with Gasteiger partial charge in [-0.25, -0.2) is 19.6 Å². The maximum Gasteiger partial charge on any atom is 0.266 e. The third-order valence-electron chi connectivity index (χ3n) is 20.6. The van der Waals surface area contributed by atoms with Gasteiger partial charge in [0.25, 0.3) is 47.3 Å². The minimum atomic E-state index is -0.476. The summed E-state index contributed by atoms with van der Waals surface area (Å²) in [5.74, 6) is 3.08. The smallest absolute Gasteiger partial charge is 0.266 e. The molecule has 16 rings (SSSR count). The SMILES string of the molecule is CC(C)(c1ccc(Oc2ccc(N3C(=O)C=CC3=O)cc2)cc1)c1ccc(Oc2ccc(N3C(=O)c4ccc(Oc5ccc(C(C)(C)c6ccc(Oc7ccc8c(c7)C(=O)N(c7ccc(Oc9ccc(C(C)(C)c%10ccc(Oc%11ccc(N%12C(=O)C=CC%12=O)cc%11)cc%10)cc9)cc7)C8=O)cc6)cc5)cc4C3=O)cc2)cc1. The summed E-state index contributed by atoms with van der Waals surface area (Å²) in [6.07, 6.45) is 4.99. The average Bonchev–Trinajstić information content (AvgIpc) is 1.64. The molecule has 0 spiro atoms. The molecular weight excluding hydrogens is 1400 g/mol. The fourth-order valence-corrected chi connectivity index (χ4v) is 14.0. The first-order chi connectivity index (χ1) is 53.5. The number of amides is 8. The molecule has 18 heteroatoms. The van der Waals surface area contributed by atoms with E-state index < -0.39 is 29.0 Å². The van der Waals surface area contributed by atoms with E-state index in [-0.39, 0.29) is 56.7 Å². The van der Waals surface area contributed by atoms with E-state index in [1.807, 2.05) is 146 Å². The lowest BCUT2D eigenvalue weighted by Crippen LogP contribution is -2.29. The molecule has 4 aliphatic heterocycles. The van der Waals surface area contributed by atoms with Crippen LogP contribution in [0.3, 0.4) is 0 Å². The Hall–Kier alpha value is -14.5. The van der Waals surface area contributed by atoms with E-state index in [9.17, 15) is 38.4 Å².